The second kappa shape index (κ2) is 5.16. The van der Waals surface area contributed by atoms with E-state index in [1.165, 1.54) is 19.1 Å². The molecule has 2 aromatic rings. The smallest absolute Gasteiger partial charge is 0.172 e. The van der Waals surface area contributed by atoms with Crippen LogP contribution in [0.25, 0.3) is 11.1 Å². The number of ketones is 1. The average Bonchev–Trinajstić information content (AvgIpc) is 2.45. The van der Waals surface area contributed by atoms with E-state index in [4.69, 9.17) is 9.47 Å². The number of benzene rings is 2. The molecule has 0 saturated carbocycles. The summed E-state index contributed by atoms with van der Waals surface area (Å²) in [7, 11) is 0. The van der Waals surface area contributed by atoms with Crippen molar-refractivity contribution in [1.82, 2.24) is 0 Å². The van der Waals surface area contributed by atoms with Crippen LogP contribution in [0.1, 0.15) is 17.3 Å². The lowest BCUT2D eigenvalue weighted by Gasteiger charge is -2.21. The molecule has 0 saturated heterocycles. The maximum atomic E-state index is 13.3. The van der Waals surface area contributed by atoms with Gasteiger partial charge in [-0.3, -0.25) is 4.79 Å². The van der Waals surface area contributed by atoms with E-state index in [0.29, 0.717) is 41.4 Å². The second-order valence-electron chi connectivity index (χ2n) is 4.76. The fourth-order valence-corrected chi connectivity index (χ4v) is 2.30. The van der Waals surface area contributed by atoms with Crippen molar-refractivity contribution in [3.05, 3.63) is 47.5 Å². The number of Topliss-reactive ketones (excluding diaryl/α,β-unsaturated/α-hetero) is 1. The number of carbonyl (C=O) groups is 1. The van der Waals surface area contributed by atoms with Gasteiger partial charge in [-0.1, -0.05) is 0 Å². The molecule has 21 heavy (non-hydrogen) atoms. The molecule has 3 nitrogen and oxygen atoms in total. The molecule has 0 amide bonds. The topological polar surface area (TPSA) is 35.5 Å². The highest BCUT2D eigenvalue weighted by Crippen LogP contribution is 2.38. The van der Waals surface area contributed by atoms with Crippen LogP contribution < -0.4 is 9.47 Å². The van der Waals surface area contributed by atoms with Crippen molar-refractivity contribution in [3.63, 3.8) is 0 Å². The number of fused-ring (bicyclic) bond motifs is 1. The number of carbonyl (C=O) groups excluding carboxylic acids is 1. The number of ether oxygens (including phenoxy) is 2. The highest BCUT2D eigenvalue weighted by atomic mass is 19.1. The molecule has 0 aromatic heterocycles. The summed E-state index contributed by atoms with van der Waals surface area (Å²) < 4.78 is 37.6. The lowest BCUT2D eigenvalue weighted by molar-refractivity contribution is 0.100. The van der Waals surface area contributed by atoms with Crippen molar-refractivity contribution >= 4 is 5.78 Å². The van der Waals surface area contributed by atoms with Gasteiger partial charge in [-0.15, -0.1) is 0 Å². The Balaban J connectivity index is 2.19. The van der Waals surface area contributed by atoms with Gasteiger partial charge >= 0.3 is 0 Å². The van der Waals surface area contributed by atoms with E-state index in [2.05, 4.69) is 0 Å². The maximum Gasteiger partial charge on any atom is 0.172 e. The summed E-state index contributed by atoms with van der Waals surface area (Å²) >= 11 is 0. The third-order valence-corrected chi connectivity index (χ3v) is 3.22. The SMILES string of the molecule is CC(=O)c1cc(-c2cc(F)cc(F)c2)cc2c1OCCO2. The third kappa shape index (κ3) is 2.59. The van der Waals surface area contributed by atoms with E-state index in [-0.39, 0.29) is 5.78 Å². The van der Waals surface area contributed by atoms with Crippen LogP contribution in [0.15, 0.2) is 30.3 Å². The zero-order valence-electron chi connectivity index (χ0n) is 11.3. The highest BCUT2D eigenvalue weighted by Gasteiger charge is 2.21. The van der Waals surface area contributed by atoms with E-state index in [1.807, 2.05) is 0 Å². The lowest BCUT2D eigenvalue weighted by Crippen LogP contribution is -2.17. The Morgan fingerprint density at radius 3 is 2.24 bits per heavy atom. The Labute approximate surface area is 120 Å². The van der Waals surface area contributed by atoms with Gasteiger partial charge in [0.05, 0.1) is 5.56 Å². The predicted molar refractivity (Wildman–Crippen MR) is 72.8 cm³/mol. The third-order valence-electron chi connectivity index (χ3n) is 3.22. The van der Waals surface area contributed by atoms with Crippen LogP contribution in [-0.2, 0) is 0 Å². The first-order valence-corrected chi connectivity index (χ1v) is 6.45. The van der Waals surface area contributed by atoms with Crippen molar-refractivity contribution in [2.75, 3.05) is 13.2 Å². The molecule has 0 aliphatic carbocycles. The first-order chi connectivity index (χ1) is 10.0. The Morgan fingerprint density at radius 1 is 0.952 bits per heavy atom. The van der Waals surface area contributed by atoms with Crippen molar-refractivity contribution in [1.29, 1.82) is 0 Å². The fourth-order valence-electron chi connectivity index (χ4n) is 2.30. The summed E-state index contributed by atoms with van der Waals surface area (Å²) in [4.78, 5) is 11.8. The summed E-state index contributed by atoms with van der Waals surface area (Å²) in [6.07, 6.45) is 0. The molecule has 0 radical (unpaired) electrons. The molecule has 1 heterocycles. The molecule has 0 unspecified atom stereocenters. The molecule has 0 spiro atoms. The quantitative estimate of drug-likeness (QED) is 0.793. The predicted octanol–water partition coefficient (Wildman–Crippen LogP) is 3.61. The van der Waals surface area contributed by atoms with Crippen molar-refractivity contribution < 1.29 is 23.0 Å². The summed E-state index contributed by atoms with van der Waals surface area (Å²) in [6.45, 7) is 2.13. The van der Waals surface area contributed by atoms with Gasteiger partial charge in [0.1, 0.15) is 24.8 Å². The maximum absolute atomic E-state index is 13.3. The van der Waals surface area contributed by atoms with Crippen LogP contribution in [0.3, 0.4) is 0 Å². The number of hydrogen-bond acceptors (Lipinski definition) is 3. The Kier molecular flexibility index (Phi) is 3.33. The van der Waals surface area contributed by atoms with Crippen LogP contribution in [0, 0.1) is 11.6 Å². The fraction of sp³-hybridized carbons (Fsp3) is 0.188. The van der Waals surface area contributed by atoms with Gasteiger partial charge in [0.2, 0.25) is 0 Å². The molecule has 0 bridgehead atoms. The molecule has 0 fully saturated rings. The van der Waals surface area contributed by atoms with Gasteiger partial charge in [0.25, 0.3) is 0 Å². The van der Waals surface area contributed by atoms with Crippen LogP contribution >= 0.6 is 0 Å². The molecular weight excluding hydrogens is 278 g/mol. The molecule has 2 aromatic carbocycles. The number of hydrogen-bond donors (Lipinski definition) is 0. The molecule has 0 N–H and O–H groups in total. The summed E-state index contributed by atoms with van der Waals surface area (Å²) in [6, 6.07) is 6.39. The summed E-state index contributed by atoms with van der Waals surface area (Å²) in [5, 5.41) is 0. The second-order valence-corrected chi connectivity index (χ2v) is 4.76. The lowest BCUT2D eigenvalue weighted by atomic mass is 9.99. The first kappa shape index (κ1) is 13.5. The van der Waals surface area contributed by atoms with Crippen molar-refractivity contribution in [3.8, 4) is 22.6 Å². The first-order valence-electron chi connectivity index (χ1n) is 6.45. The Bertz CT molecular complexity index is 705. The van der Waals surface area contributed by atoms with Crippen LogP contribution in [0.2, 0.25) is 0 Å². The van der Waals surface area contributed by atoms with Gasteiger partial charge in [0, 0.05) is 6.07 Å². The molecule has 0 atom stereocenters. The van der Waals surface area contributed by atoms with E-state index < -0.39 is 11.6 Å². The summed E-state index contributed by atoms with van der Waals surface area (Å²) in [5.74, 6) is -0.757. The van der Waals surface area contributed by atoms with Gasteiger partial charge in [-0.2, -0.15) is 0 Å². The minimum Gasteiger partial charge on any atom is -0.486 e. The normalized spacial score (nSPS) is 13.1. The highest BCUT2D eigenvalue weighted by molar-refractivity contribution is 5.99. The van der Waals surface area contributed by atoms with E-state index in [1.54, 1.807) is 12.1 Å². The minimum atomic E-state index is -0.677. The molecule has 5 heteroatoms. The van der Waals surface area contributed by atoms with Gasteiger partial charge in [-0.05, 0) is 42.3 Å². The monoisotopic (exact) mass is 290 g/mol. The van der Waals surface area contributed by atoms with E-state index in [9.17, 15) is 13.6 Å². The average molecular weight is 290 g/mol. The van der Waals surface area contributed by atoms with Crippen LogP contribution in [-0.4, -0.2) is 19.0 Å². The molecule has 3 rings (SSSR count). The molecular formula is C16H12F2O3. The van der Waals surface area contributed by atoms with Gasteiger partial charge < -0.3 is 9.47 Å². The van der Waals surface area contributed by atoms with Crippen molar-refractivity contribution in [2.45, 2.75) is 6.92 Å². The van der Waals surface area contributed by atoms with Crippen LogP contribution in [0.5, 0.6) is 11.5 Å². The molecule has 108 valence electrons. The zero-order valence-corrected chi connectivity index (χ0v) is 11.3. The van der Waals surface area contributed by atoms with E-state index >= 15 is 0 Å². The number of halogens is 2. The zero-order chi connectivity index (χ0) is 15.0. The largest absolute Gasteiger partial charge is 0.486 e. The van der Waals surface area contributed by atoms with Gasteiger partial charge in [0.15, 0.2) is 17.3 Å². The van der Waals surface area contributed by atoms with Crippen molar-refractivity contribution in [2.24, 2.45) is 0 Å². The Hall–Kier alpha value is -2.43. The van der Waals surface area contributed by atoms with E-state index in [0.717, 1.165) is 6.07 Å². The minimum absolute atomic E-state index is 0.199. The summed E-state index contributed by atoms with van der Waals surface area (Å²) in [5.41, 5.74) is 1.18. The molecule has 1 aliphatic heterocycles. The standard InChI is InChI=1S/C16H12F2O3/c1-9(19)14-6-11(7-15-16(14)21-3-2-20-15)10-4-12(17)8-13(18)5-10/h4-8H,2-3H2,1H3. The molecule has 1 aliphatic rings. The van der Waals surface area contributed by atoms with Crippen LogP contribution in [0.4, 0.5) is 8.78 Å². The van der Waals surface area contributed by atoms with Gasteiger partial charge in [-0.25, -0.2) is 8.78 Å². The number of rotatable bonds is 2. The Morgan fingerprint density at radius 2 is 1.57 bits per heavy atom.